The lowest BCUT2D eigenvalue weighted by Gasteiger charge is -2.07. The van der Waals surface area contributed by atoms with E-state index in [1.807, 2.05) is 46.9 Å². The molecule has 7 heteroatoms. The minimum atomic E-state index is -0.137. The summed E-state index contributed by atoms with van der Waals surface area (Å²) in [6.07, 6.45) is 0. The predicted octanol–water partition coefficient (Wildman–Crippen LogP) is 3.47. The average molecular weight is 423 g/mol. The standard InChI is InChI=1S/C13H12ClIN2O2S/c1-19-6-9-12(15)13(18)17-11(16-9)7-20-10-5-3-2-4-8(10)14/h2-5H,6-7H2,1H3,(H,16,17,18). The molecule has 1 aromatic heterocycles. The van der Waals surface area contributed by atoms with Crippen molar-refractivity contribution in [3.8, 4) is 0 Å². The zero-order valence-corrected chi connectivity index (χ0v) is 14.4. The zero-order valence-electron chi connectivity index (χ0n) is 10.7. The molecule has 0 radical (unpaired) electrons. The van der Waals surface area contributed by atoms with Gasteiger partial charge >= 0.3 is 0 Å². The predicted molar refractivity (Wildman–Crippen MR) is 89.3 cm³/mol. The van der Waals surface area contributed by atoms with Crippen LogP contribution in [0.5, 0.6) is 0 Å². The van der Waals surface area contributed by atoms with Gasteiger partial charge in [-0.2, -0.15) is 0 Å². The van der Waals surface area contributed by atoms with Crippen LogP contribution in [0.4, 0.5) is 0 Å². The van der Waals surface area contributed by atoms with Crippen LogP contribution in [0.15, 0.2) is 34.0 Å². The number of ether oxygens (including phenoxy) is 1. The molecule has 0 fully saturated rings. The van der Waals surface area contributed by atoms with E-state index in [1.54, 1.807) is 7.11 Å². The molecule has 0 spiro atoms. The van der Waals surface area contributed by atoms with E-state index < -0.39 is 0 Å². The van der Waals surface area contributed by atoms with Crippen LogP contribution < -0.4 is 5.56 Å². The number of hydrogen-bond donors (Lipinski definition) is 1. The monoisotopic (exact) mass is 422 g/mol. The van der Waals surface area contributed by atoms with Gasteiger partial charge in [-0.15, -0.1) is 11.8 Å². The number of hydrogen-bond acceptors (Lipinski definition) is 4. The summed E-state index contributed by atoms with van der Waals surface area (Å²) in [6, 6.07) is 7.58. The molecular weight excluding hydrogens is 411 g/mol. The largest absolute Gasteiger partial charge is 0.378 e. The Kier molecular flexibility index (Phi) is 5.88. The van der Waals surface area contributed by atoms with Gasteiger partial charge in [0.1, 0.15) is 9.39 Å². The van der Waals surface area contributed by atoms with Crippen molar-refractivity contribution in [3.63, 3.8) is 0 Å². The Morgan fingerprint density at radius 2 is 2.20 bits per heavy atom. The topological polar surface area (TPSA) is 55.0 Å². The van der Waals surface area contributed by atoms with Crippen molar-refractivity contribution in [2.24, 2.45) is 0 Å². The van der Waals surface area contributed by atoms with Gasteiger partial charge in [0.15, 0.2) is 0 Å². The number of nitrogens with zero attached hydrogens (tertiary/aromatic N) is 1. The number of rotatable bonds is 5. The Balaban J connectivity index is 2.18. The van der Waals surface area contributed by atoms with E-state index in [-0.39, 0.29) is 5.56 Å². The van der Waals surface area contributed by atoms with Crippen molar-refractivity contribution in [1.82, 2.24) is 9.97 Å². The molecule has 0 bridgehead atoms. The van der Waals surface area contributed by atoms with E-state index in [0.29, 0.717) is 32.5 Å². The quantitative estimate of drug-likeness (QED) is 0.592. The fourth-order valence-electron chi connectivity index (χ4n) is 1.57. The third-order valence-corrected chi connectivity index (χ3v) is 5.10. The summed E-state index contributed by atoms with van der Waals surface area (Å²) in [4.78, 5) is 20.0. The molecule has 2 aromatic rings. The highest BCUT2D eigenvalue weighted by molar-refractivity contribution is 14.1. The molecular formula is C13H12ClIN2O2S. The minimum absolute atomic E-state index is 0.137. The lowest BCUT2D eigenvalue weighted by molar-refractivity contribution is 0.180. The van der Waals surface area contributed by atoms with Gasteiger partial charge in [-0.1, -0.05) is 23.7 Å². The van der Waals surface area contributed by atoms with Crippen LogP contribution in [-0.2, 0) is 17.1 Å². The van der Waals surface area contributed by atoms with Crippen LogP contribution in [0, 0.1) is 3.57 Å². The lowest BCUT2D eigenvalue weighted by atomic mass is 10.4. The van der Waals surface area contributed by atoms with Gasteiger partial charge in [0.2, 0.25) is 0 Å². The highest BCUT2D eigenvalue weighted by Crippen LogP contribution is 2.28. The summed E-state index contributed by atoms with van der Waals surface area (Å²) >= 11 is 9.60. The van der Waals surface area contributed by atoms with E-state index in [2.05, 4.69) is 9.97 Å². The number of benzene rings is 1. The molecule has 1 N–H and O–H groups in total. The molecule has 0 saturated heterocycles. The fraction of sp³-hybridized carbons (Fsp3) is 0.231. The van der Waals surface area contributed by atoms with E-state index in [4.69, 9.17) is 16.3 Å². The first kappa shape index (κ1) is 15.8. The molecule has 106 valence electrons. The Morgan fingerprint density at radius 3 is 2.90 bits per heavy atom. The van der Waals surface area contributed by atoms with Crippen molar-refractivity contribution >= 4 is 46.0 Å². The maximum atomic E-state index is 11.8. The second kappa shape index (κ2) is 7.44. The molecule has 0 aliphatic heterocycles. The van der Waals surface area contributed by atoms with Crippen molar-refractivity contribution in [3.05, 3.63) is 54.7 Å². The number of aromatic amines is 1. The minimum Gasteiger partial charge on any atom is -0.378 e. The molecule has 0 aliphatic rings. The van der Waals surface area contributed by atoms with Gasteiger partial charge in [-0.05, 0) is 34.7 Å². The average Bonchev–Trinajstić information content (AvgIpc) is 2.43. The summed E-state index contributed by atoms with van der Waals surface area (Å²) in [5.41, 5.74) is 0.522. The smallest absolute Gasteiger partial charge is 0.264 e. The van der Waals surface area contributed by atoms with Gasteiger partial charge in [-0.25, -0.2) is 4.98 Å². The van der Waals surface area contributed by atoms with Gasteiger partial charge in [-0.3, -0.25) is 4.79 Å². The van der Waals surface area contributed by atoms with Crippen LogP contribution >= 0.6 is 46.0 Å². The number of H-pyrrole nitrogens is 1. The lowest BCUT2D eigenvalue weighted by Crippen LogP contribution is -2.18. The maximum Gasteiger partial charge on any atom is 0.264 e. The second-order valence-electron chi connectivity index (χ2n) is 3.93. The van der Waals surface area contributed by atoms with Gasteiger partial charge < -0.3 is 9.72 Å². The van der Waals surface area contributed by atoms with Crippen LogP contribution in [-0.4, -0.2) is 17.1 Å². The van der Waals surface area contributed by atoms with Crippen LogP contribution in [0.1, 0.15) is 11.5 Å². The molecule has 1 heterocycles. The third-order valence-electron chi connectivity index (χ3n) is 2.46. The van der Waals surface area contributed by atoms with Gasteiger partial charge in [0.25, 0.3) is 5.56 Å². The molecule has 0 saturated carbocycles. The molecule has 0 aliphatic carbocycles. The Bertz CT molecular complexity index is 663. The first-order valence-electron chi connectivity index (χ1n) is 5.75. The Labute approximate surface area is 139 Å². The van der Waals surface area contributed by atoms with Crippen molar-refractivity contribution in [2.45, 2.75) is 17.3 Å². The number of methoxy groups -OCH3 is 1. The Hall–Kier alpha value is -0.570. The molecule has 20 heavy (non-hydrogen) atoms. The molecule has 0 unspecified atom stereocenters. The van der Waals surface area contributed by atoms with E-state index in [1.165, 1.54) is 11.8 Å². The van der Waals surface area contributed by atoms with E-state index in [9.17, 15) is 4.79 Å². The van der Waals surface area contributed by atoms with Gasteiger partial charge in [0, 0.05) is 12.0 Å². The zero-order chi connectivity index (χ0) is 14.5. The number of thioether (sulfide) groups is 1. The molecule has 0 amide bonds. The van der Waals surface area contributed by atoms with Crippen LogP contribution in [0.25, 0.3) is 0 Å². The second-order valence-corrected chi connectivity index (χ2v) is 6.43. The molecule has 4 nitrogen and oxygen atoms in total. The normalized spacial score (nSPS) is 10.8. The Morgan fingerprint density at radius 1 is 1.45 bits per heavy atom. The molecule has 1 aromatic carbocycles. The first-order valence-corrected chi connectivity index (χ1v) is 8.20. The molecule has 0 atom stereocenters. The summed E-state index contributed by atoms with van der Waals surface area (Å²) in [6.45, 7) is 0.325. The van der Waals surface area contributed by atoms with E-state index in [0.717, 1.165) is 4.90 Å². The summed E-state index contributed by atoms with van der Waals surface area (Å²) in [5, 5.41) is 0.697. The summed E-state index contributed by atoms with van der Waals surface area (Å²) < 4.78 is 5.62. The van der Waals surface area contributed by atoms with Crippen molar-refractivity contribution in [1.29, 1.82) is 0 Å². The van der Waals surface area contributed by atoms with Crippen LogP contribution in [0.3, 0.4) is 0 Å². The highest BCUT2D eigenvalue weighted by Gasteiger charge is 2.09. The molecule has 2 rings (SSSR count). The van der Waals surface area contributed by atoms with Crippen molar-refractivity contribution < 1.29 is 4.74 Å². The number of halogens is 2. The van der Waals surface area contributed by atoms with E-state index >= 15 is 0 Å². The number of aromatic nitrogens is 2. The van der Waals surface area contributed by atoms with Gasteiger partial charge in [0.05, 0.1) is 23.1 Å². The fourth-order valence-corrected chi connectivity index (χ4v) is 3.09. The summed E-state index contributed by atoms with van der Waals surface area (Å²) in [7, 11) is 1.58. The number of nitrogens with one attached hydrogen (secondary N) is 1. The SMILES string of the molecule is COCc1nc(CSc2ccccc2Cl)[nH]c(=O)c1I. The van der Waals surface area contributed by atoms with Crippen LogP contribution in [0.2, 0.25) is 5.02 Å². The maximum absolute atomic E-state index is 11.8. The van der Waals surface area contributed by atoms with Crippen molar-refractivity contribution in [2.75, 3.05) is 7.11 Å². The third kappa shape index (κ3) is 3.97. The first-order chi connectivity index (χ1) is 9.61. The highest BCUT2D eigenvalue weighted by atomic mass is 127. The summed E-state index contributed by atoms with van der Waals surface area (Å²) in [5.74, 6) is 1.17.